The molecule has 3 aromatic rings. The Labute approximate surface area is 242 Å². The minimum atomic E-state index is -3.61. The molecule has 0 aliphatic heterocycles. The van der Waals surface area contributed by atoms with Gasteiger partial charge in [-0.1, -0.05) is 49.0 Å². The highest BCUT2D eigenvalue weighted by Gasteiger charge is 2.41. The van der Waals surface area contributed by atoms with Crippen molar-refractivity contribution in [1.82, 2.24) is 19.3 Å². The molecule has 3 atom stereocenters. The Morgan fingerprint density at radius 3 is 2.30 bits per heavy atom. The summed E-state index contributed by atoms with van der Waals surface area (Å²) in [5.41, 5.74) is 0.544. The van der Waals surface area contributed by atoms with Crippen molar-refractivity contribution in [3.05, 3.63) is 50.7 Å². The molecular formula is C27H31Cl2N5O5S. The molecule has 1 aromatic carbocycles. The third kappa shape index (κ3) is 5.27. The van der Waals surface area contributed by atoms with Crippen molar-refractivity contribution in [2.45, 2.75) is 44.2 Å². The Balaban J connectivity index is 1.51. The molecule has 10 nitrogen and oxygen atoms in total. The smallest absolute Gasteiger partial charge is 0.259 e. The predicted molar refractivity (Wildman–Crippen MR) is 157 cm³/mol. The standard InChI is InChI=1S/C27H31Cl2N5O5S/c1-5-40(36,37)33-19-11-15(14-7-6-8-14)10-18(19)31-27-30-13-16-9-17(26(35)34(2)25(16)32-27)22-23(28)20(38-3)12-21(39-4)24(22)29/h5,9,12-15,18-19,33H,1,6-8,10-11H2,2-4H3,(H,30,31,32)/t15?,18-,19+/m1/s1. The van der Waals surface area contributed by atoms with Gasteiger partial charge in [0.1, 0.15) is 17.1 Å². The van der Waals surface area contributed by atoms with E-state index in [-0.39, 0.29) is 38.8 Å². The minimum Gasteiger partial charge on any atom is -0.495 e. The Morgan fingerprint density at radius 2 is 1.73 bits per heavy atom. The third-order valence-electron chi connectivity index (χ3n) is 8.06. The van der Waals surface area contributed by atoms with Gasteiger partial charge in [0.05, 0.1) is 29.8 Å². The van der Waals surface area contributed by atoms with Gasteiger partial charge in [-0.2, -0.15) is 4.98 Å². The summed E-state index contributed by atoms with van der Waals surface area (Å²) in [5, 5.41) is 5.20. The van der Waals surface area contributed by atoms with Crippen molar-refractivity contribution < 1.29 is 17.9 Å². The number of halogens is 2. The van der Waals surface area contributed by atoms with Gasteiger partial charge in [-0.25, -0.2) is 18.1 Å². The first-order chi connectivity index (χ1) is 19.1. The van der Waals surface area contributed by atoms with Crippen LogP contribution in [0.15, 0.2) is 35.1 Å². The number of nitrogens with zero attached hydrogens (tertiary/aromatic N) is 3. The first kappa shape index (κ1) is 28.7. The molecule has 0 radical (unpaired) electrons. The van der Waals surface area contributed by atoms with Crippen LogP contribution in [0.25, 0.3) is 22.2 Å². The average molecular weight is 609 g/mol. The second-order valence-corrected chi connectivity index (χ2v) is 12.7. The number of nitrogens with one attached hydrogen (secondary N) is 2. The van der Waals surface area contributed by atoms with E-state index in [1.165, 1.54) is 38.0 Å². The van der Waals surface area contributed by atoms with Crippen molar-refractivity contribution in [1.29, 1.82) is 0 Å². The van der Waals surface area contributed by atoms with Gasteiger partial charge in [0.15, 0.2) is 0 Å². The number of hydrogen-bond donors (Lipinski definition) is 2. The van der Waals surface area contributed by atoms with Crippen LogP contribution in [0.5, 0.6) is 11.5 Å². The summed E-state index contributed by atoms with van der Waals surface area (Å²) in [5.74, 6) is 1.94. The number of methoxy groups -OCH3 is 2. The van der Waals surface area contributed by atoms with Gasteiger partial charge in [0.25, 0.3) is 5.56 Å². The molecule has 0 saturated heterocycles. The normalized spacial score (nSPS) is 21.3. The van der Waals surface area contributed by atoms with Gasteiger partial charge in [-0.3, -0.25) is 9.36 Å². The van der Waals surface area contributed by atoms with Gasteiger partial charge in [0, 0.05) is 47.8 Å². The highest BCUT2D eigenvalue weighted by Crippen LogP contribution is 2.46. The van der Waals surface area contributed by atoms with E-state index in [2.05, 4.69) is 26.6 Å². The van der Waals surface area contributed by atoms with E-state index >= 15 is 0 Å². The maximum atomic E-state index is 13.5. The fraction of sp³-hybridized carbons (Fsp3) is 0.444. The van der Waals surface area contributed by atoms with Crippen molar-refractivity contribution in [3.63, 3.8) is 0 Å². The third-order valence-corrected chi connectivity index (χ3v) is 9.88. The lowest BCUT2D eigenvalue weighted by molar-refractivity contribution is 0.207. The van der Waals surface area contributed by atoms with Crippen LogP contribution in [0.1, 0.15) is 32.1 Å². The molecule has 2 fully saturated rings. The molecule has 2 heterocycles. The minimum absolute atomic E-state index is 0.180. The van der Waals surface area contributed by atoms with Crippen LogP contribution in [0.4, 0.5) is 5.95 Å². The molecule has 5 rings (SSSR count). The summed E-state index contributed by atoms with van der Waals surface area (Å²) >= 11 is 13.2. The van der Waals surface area contributed by atoms with E-state index in [0.717, 1.165) is 18.2 Å². The summed E-state index contributed by atoms with van der Waals surface area (Å²) in [6, 6.07) is 2.65. The van der Waals surface area contributed by atoms with Crippen LogP contribution >= 0.6 is 23.2 Å². The number of hydrogen-bond acceptors (Lipinski definition) is 8. The maximum absolute atomic E-state index is 13.5. The molecular weight excluding hydrogens is 577 g/mol. The van der Waals surface area contributed by atoms with Gasteiger partial charge in [-0.05, 0) is 30.7 Å². The lowest BCUT2D eigenvalue weighted by atomic mass is 9.75. The summed E-state index contributed by atoms with van der Waals surface area (Å²) in [4.78, 5) is 22.7. The Bertz CT molecular complexity index is 1610. The molecule has 2 aromatic heterocycles. The second kappa shape index (κ2) is 11.2. The van der Waals surface area contributed by atoms with Crippen LogP contribution in [0.3, 0.4) is 0 Å². The molecule has 0 amide bonds. The zero-order valence-electron chi connectivity index (χ0n) is 22.4. The van der Waals surface area contributed by atoms with Crippen LogP contribution in [0.2, 0.25) is 10.0 Å². The van der Waals surface area contributed by atoms with Crippen LogP contribution in [-0.4, -0.2) is 49.3 Å². The fourth-order valence-corrected chi connectivity index (χ4v) is 7.19. The monoisotopic (exact) mass is 607 g/mol. The molecule has 0 spiro atoms. The van der Waals surface area contributed by atoms with Crippen molar-refractivity contribution in [2.24, 2.45) is 18.9 Å². The highest BCUT2D eigenvalue weighted by molar-refractivity contribution is 7.92. The van der Waals surface area contributed by atoms with E-state index in [1.807, 2.05) is 0 Å². The number of benzene rings is 1. The van der Waals surface area contributed by atoms with Crippen molar-refractivity contribution in [3.8, 4) is 22.6 Å². The van der Waals surface area contributed by atoms with E-state index in [0.29, 0.717) is 40.3 Å². The average Bonchev–Trinajstić information content (AvgIpc) is 3.26. The quantitative estimate of drug-likeness (QED) is 0.357. The van der Waals surface area contributed by atoms with Gasteiger partial charge in [0.2, 0.25) is 16.0 Å². The maximum Gasteiger partial charge on any atom is 0.259 e. The molecule has 1 unspecified atom stereocenters. The number of pyridine rings is 1. The Kier molecular flexibility index (Phi) is 8.02. The second-order valence-electron chi connectivity index (χ2n) is 10.3. The molecule has 40 heavy (non-hydrogen) atoms. The summed E-state index contributed by atoms with van der Waals surface area (Å²) in [6.07, 6.45) is 6.68. The topological polar surface area (TPSA) is 124 Å². The van der Waals surface area contributed by atoms with Gasteiger partial charge in [-0.15, -0.1) is 0 Å². The van der Waals surface area contributed by atoms with Crippen molar-refractivity contribution >= 4 is 50.2 Å². The van der Waals surface area contributed by atoms with E-state index < -0.39 is 10.0 Å². The van der Waals surface area contributed by atoms with Crippen molar-refractivity contribution in [2.75, 3.05) is 19.5 Å². The van der Waals surface area contributed by atoms with Crippen LogP contribution in [-0.2, 0) is 17.1 Å². The van der Waals surface area contributed by atoms with Gasteiger partial charge < -0.3 is 14.8 Å². The van der Waals surface area contributed by atoms with E-state index in [4.69, 9.17) is 32.7 Å². The molecule has 214 valence electrons. The Hall–Kier alpha value is -2.86. The summed E-state index contributed by atoms with van der Waals surface area (Å²) < 4.78 is 39.5. The molecule has 0 bridgehead atoms. The lowest BCUT2D eigenvalue weighted by Crippen LogP contribution is -2.42. The predicted octanol–water partition coefficient (Wildman–Crippen LogP) is 4.74. The van der Waals surface area contributed by atoms with Crippen LogP contribution in [0, 0.1) is 11.8 Å². The number of ether oxygens (including phenoxy) is 2. The van der Waals surface area contributed by atoms with E-state index in [9.17, 15) is 13.2 Å². The number of fused-ring (bicyclic) bond motifs is 1. The fourth-order valence-electron chi connectivity index (χ4n) is 5.71. The highest BCUT2D eigenvalue weighted by atomic mass is 35.5. The zero-order valence-corrected chi connectivity index (χ0v) is 24.7. The molecule has 2 saturated carbocycles. The molecule has 2 aliphatic carbocycles. The summed E-state index contributed by atoms with van der Waals surface area (Å²) in [6.45, 7) is 3.42. The number of anilines is 1. The SMILES string of the molecule is C=CS(=O)(=O)N[C@H]1CC(C2CCC2)C[C@H]1Nc1ncc2cc(-c3c(Cl)c(OC)cc(OC)c3Cl)c(=O)n(C)c2n1. The van der Waals surface area contributed by atoms with Gasteiger partial charge >= 0.3 is 0 Å². The zero-order chi connectivity index (χ0) is 28.8. The van der Waals surface area contributed by atoms with Crippen LogP contribution < -0.4 is 25.1 Å². The number of aromatic nitrogens is 3. The largest absolute Gasteiger partial charge is 0.495 e. The molecule has 2 N–H and O–H groups in total. The Morgan fingerprint density at radius 1 is 1.07 bits per heavy atom. The van der Waals surface area contributed by atoms with E-state index in [1.54, 1.807) is 25.4 Å². The lowest BCUT2D eigenvalue weighted by Gasteiger charge is -2.31. The summed E-state index contributed by atoms with van der Waals surface area (Å²) in [7, 11) is 0.918. The number of aryl methyl sites for hydroxylation is 1. The number of sulfonamides is 1. The molecule has 2 aliphatic rings. The first-order valence-corrected chi connectivity index (χ1v) is 15.3. The number of rotatable bonds is 9. The molecule has 13 heteroatoms. The first-order valence-electron chi connectivity index (χ1n) is 12.9.